The van der Waals surface area contributed by atoms with E-state index < -0.39 is 42.0 Å². The Morgan fingerprint density at radius 2 is 1.87 bits per heavy atom. The van der Waals surface area contributed by atoms with Gasteiger partial charge in [0.25, 0.3) is 0 Å². The van der Waals surface area contributed by atoms with Crippen molar-refractivity contribution >= 4 is 36.3 Å². The lowest BCUT2D eigenvalue weighted by Crippen LogP contribution is -2.57. The summed E-state index contributed by atoms with van der Waals surface area (Å²) in [6.45, 7) is 4.63. The van der Waals surface area contributed by atoms with Crippen molar-refractivity contribution in [2.75, 3.05) is 18.8 Å². The SMILES string of the molecule is CCC(C)C(N)C(=O)NC(CCCCN)C(=O)N1CCCC1C(=O)NC(CS)C(=O)O. The van der Waals surface area contributed by atoms with Crippen molar-refractivity contribution in [2.45, 2.75) is 76.5 Å². The number of thiol groups is 1. The molecule has 31 heavy (non-hydrogen) atoms. The number of rotatable bonds is 13. The van der Waals surface area contributed by atoms with Crippen LogP contribution in [0.25, 0.3) is 0 Å². The summed E-state index contributed by atoms with van der Waals surface area (Å²) < 4.78 is 0. The smallest absolute Gasteiger partial charge is 0.327 e. The number of carbonyl (C=O) groups excluding carboxylic acids is 3. The highest BCUT2D eigenvalue weighted by Gasteiger charge is 2.39. The molecule has 10 nitrogen and oxygen atoms in total. The minimum Gasteiger partial charge on any atom is -0.480 e. The predicted octanol–water partition coefficient (Wildman–Crippen LogP) is -0.536. The van der Waals surface area contributed by atoms with Crippen molar-refractivity contribution in [3.8, 4) is 0 Å². The number of likely N-dealkylation sites (tertiary alicyclic amines) is 1. The topological polar surface area (TPSA) is 168 Å². The molecule has 1 rings (SSSR count). The van der Waals surface area contributed by atoms with Gasteiger partial charge in [0, 0.05) is 12.3 Å². The number of carboxylic acids is 1. The van der Waals surface area contributed by atoms with Crippen LogP contribution in [0, 0.1) is 5.92 Å². The molecule has 0 aromatic heterocycles. The van der Waals surface area contributed by atoms with Gasteiger partial charge < -0.3 is 32.1 Å². The zero-order valence-corrected chi connectivity index (χ0v) is 19.3. The third kappa shape index (κ3) is 7.97. The van der Waals surface area contributed by atoms with Crippen molar-refractivity contribution in [3.63, 3.8) is 0 Å². The first-order valence-corrected chi connectivity index (χ1v) is 11.5. The number of nitrogens with two attached hydrogens (primary N) is 2. The van der Waals surface area contributed by atoms with Crippen LogP contribution in [0.3, 0.4) is 0 Å². The van der Waals surface area contributed by atoms with Gasteiger partial charge in [0.15, 0.2) is 0 Å². The number of nitrogens with one attached hydrogen (secondary N) is 2. The highest BCUT2D eigenvalue weighted by Crippen LogP contribution is 2.20. The molecule has 1 saturated heterocycles. The first kappa shape index (κ1) is 27.2. The fraction of sp³-hybridized carbons (Fsp3) is 0.800. The molecular formula is C20H37N5O5S. The van der Waals surface area contributed by atoms with Crippen LogP contribution >= 0.6 is 12.6 Å². The lowest BCUT2D eigenvalue weighted by molar-refractivity contribution is -0.144. The molecule has 1 heterocycles. The molecule has 1 aliphatic rings. The standard InChI is InChI=1S/C20H37N5O5S/c1-3-12(2)16(22)18(27)23-13(7-4-5-9-21)19(28)25-10-6-8-15(25)17(26)24-14(11-31)20(29)30/h12-16,31H,3-11,21-22H2,1-2H3,(H,23,27)(H,24,26)(H,29,30). The number of aliphatic carboxylic acids is 1. The molecule has 0 saturated carbocycles. The number of amides is 3. The lowest BCUT2D eigenvalue weighted by Gasteiger charge is -2.30. The van der Waals surface area contributed by atoms with Gasteiger partial charge in [-0.3, -0.25) is 14.4 Å². The van der Waals surface area contributed by atoms with Gasteiger partial charge in [0.2, 0.25) is 17.7 Å². The normalized spacial score (nSPS) is 19.9. The second-order valence-corrected chi connectivity index (χ2v) is 8.39. The van der Waals surface area contributed by atoms with Gasteiger partial charge in [-0.05, 0) is 44.6 Å². The molecular weight excluding hydrogens is 422 g/mol. The minimum atomic E-state index is -1.19. The Hall–Kier alpha value is -1.85. The molecule has 3 amide bonds. The summed E-state index contributed by atoms with van der Waals surface area (Å²) in [6, 6.07) is -3.48. The van der Waals surface area contributed by atoms with Gasteiger partial charge in [0.05, 0.1) is 6.04 Å². The number of unbranched alkanes of at least 4 members (excludes halogenated alkanes) is 1. The number of hydrogen-bond donors (Lipinski definition) is 6. The molecule has 0 aromatic carbocycles. The van der Waals surface area contributed by atoms with E-state index in [-0.39, 0.29) is 17.6 Å². The monoisotopic (exact) mass is 459 g/mol. The van der Waals surface area contributed by atoms with Crippen LogP contribution in [0.15, 0.2) is 0 Å². The number of hydrogen-bond acceptors (Lipinski definition) is 7. The van der Waals surface area contributed by atoms with Crippen LogP contribution in [-0.4, -0.2) is 76.7 Å². The van der Waals surface area contributed by atoms with E-state index >= 15 is 0 Å². The molecule has 5 unspecified atom stereocenters. The first-order chi connectivity index (χ1) is 14.7. The second kappa shape index (κ2) is 13.5. The van der Waals surface area contributed by atoms with E-state index in [0.717, 1.165) is 6.42 Å². The Bertz CT molecular complexity index is 635. The van der Waals surface area contributed by atoms with Crippen molar-refractivity contribution in [2.24, 2.45) is 17.4 Å². The number of nitrogens with zero attached hydrogens (tertiary/aromatic N) is 1. The maximum atomic E-state index is 13.3. The van der Waals surface area contributed by atoms with Crippen molar-refractivity contribution < 1.29 is 24.3 Å². The molecule has 5 atom stereocenters. The van der Waals surface area contributed by atoms with Crippen LogP contribution < -0.4 is 22.1 Å². The third-order valence-corrected chi connectivity index (χ3v) is 6.12. The zero-order chi connectivity index (χ0) is 23.6. The summed E-state index contributed by atoms with van der Waals surface area (Å²) >= 11 is 3.95. The quantitative estimate of drug-likeness (QED) is 0.159. The largest absolute Gasteiger partial charge is 0.480 e. The maximum Gasteiger partial charge on any atom is 0.327 e. The van der Waals surface area contributed by atoms with Crippen molar-refractivity contribution in [1.82, 2.24) is 15.5 Å². The minimum absolute atomic E-state index is 0.0423. The highest BCUT2D eigenvalue weighted by molar-refractivity contribution is 7.80. The Morgan fingerprint density at radius 1 is 1.19 bits per heavy atom. The summed E-state index contributed by atoms with van der Waals surface area (Å²) in [7, 11) is 0. The van der Waals surface area contributed by atoms with E-state index in [9.17, 15) is 19.2 Å². The van der Waals surface area contributed by atoms with Gasteiger partial charge in [0.1, 0.15) is 18.1 Å². The lowest BCUT2D eigenvalue weighted by atomic mass is 9.98. The van der Waals surface area contributed by atoms with Crippen molar-refractivity contribution in [3.05, 3.63) is 0 Å². The van der Waals surface area contributed by atoms with Gasteiger partial charge in [-0.25, -0.2) is 4.79 Å². The van der Waals surface area contributed by atoms with E-state index in [1.807, 2.05) is 13.8 Å². The molecule has 0 aromatic rings. The molecule has 11 heteroatoms. The van der Waals surface area contributed by atoms with Crippen LogP contribution in [-0.2, 0) is 19.2 Å². The third-order valence-electron chi connectivity index (χ3n) is 5.76. The summed E-state index contributed by atoms with van der Waals surface area (Å²) in [5, 5.41) is 14.3. The van der Waals surface area contributed by atoms with Crippen molar-refractivity contribution in [1.29, 1.82) is 0 Å². The van der Waals surface area contributed by atoms with Gasteiger partial charge in [-0.2, -0.15) is 12.6 Å². The first-order valence-electron chi connectivity index (χ1n) is 10.9. The Balaban J connectivity index is 2.93. The van der Waals surface area contributed by atoms with Crippen LogP contribution in [0.2, 0.25) is 0 Å². The number of carboxylic acid groups (broad SMARTS) is 1. The van der Waals surface area contributed by atoms with Crippen LogP contribution in [0.4, 0.5) is 0 Å². The number of carbonyl (C=O) groups is 4. The molecule has 0 aliphatic carbocycles. The molecule has 0 spiro atoms. The fourth-order valence-corrected chi connectivity index (χ4v) is 3.73. The average molecular weight is 460 g/mol. The summed E-state index contributed by atoms with van der Waals surface area (Å²) in [5.74, 6) is -2.59. The average Bonchev–Trinajstić information content (AvgIpc) is 3.24. The summed E-state index contributed by atoms with van der Waals surface area (Å²) in [5.41, 5.74) is 11.6. The Kier molecular flexibility index (Phi) is 11.9. The Labute approximate surface area is 189 Å². The molecule has 0 radical (unpaired) electrons. The van der Waals surface area contributed by atoms with Gasteiger partial charge in [-0.1, -0.05) is 20.3 Å². The van der Waals surface area contributed by atoms with E-state index in [1.165, 1.54) is 4.90 Å². The summed E-state index contributed by atoms with van der Waals surface area (Å²) in [4.78, 5) is 51.1. The van der Waals surface area contributed by atoms with E-state index in [4.69, 9.17) is 16.6 Å². The highest BCUT2D eigenvalue weighted by atomic mass is 32.1. The molecule has 1 fully saturated rings. The van der Waals surface area contributed by atoms with Crippen LogP contribution in [0.5, 0.6) is 0 Å². The molecule has 178 valence electrons. The van der Waals surface area contributed by atoms with Gasteiger partial charge >= 0.3 is 5.97 Å². The zero-order valence-electron chi connectivity index (χ0n) is 18.4. The van der Waals surface area contributed by atoms with Gasteiger partial charge in [-0.15, -0.1) is 0 Å². The predicted molar refractivity (Wildman–Crippen MR) is 120 cm³/mol. The fourth-order valence-electron chi connectivity index (χ4n) is 3.49. The van der Waals surface area contributed by atoms with E-state index in [2.05, 4.69) is 23.3 Å². The molecule has 7 N–H and O–H groups in total. The maximum absolute atomic E-state index is 13.3. The second-order valence-electron chi connectivity index (χ2n) is 8.03. The summed E-state index contributed by atoms with van der Waals surface area (Å²) in [6.07, 6.45) is 3.48. The Morgan fingerprint density at radius 3 is 2.42 bits per heavy atom. The van der Waals surface area contributed by atoms with E-state index in [0.29, 0.717) is 45.2 Å². The van der Waals surface area contributed by atoms with E-state index in [1.54, 1.807) is 0 Å². The molecule has 1 aliphatic heterocycles. The van der Waals surface area contributed by atoms with Crippen LogP contribution in [0.1, 0.15) is 52.4 Å². The molecule has 0 bridgehead atoms.